The van der Waals surface area contributed by atoms with Crippen molar-refractivity contribution in [2.24, 2.45) is 4.99 Å². The van der Waals surface area contributed by atoms with E-state index in [-0.39, 0.29) is 10.8 Å². The Bertz CT molecular complexity index is 581. The van der Waals surface area contributed by atoms with Gasteiger partial charge >= 0.3 is 0 Å². The molecule has 2 nitrogen and oxygen atoms in total. The minimum absolute atomic E-state index is 0.0859. The highest BCUT2D eigenvalue weighted by molar-refractivity contribution is 8.13. The molecule has 0 atom stereocenters. The van der Waals surface area contributed by atoms with Crippen molar-refractivity contribution in [2.45, 2.75) is 78.4 Å². The molecule has 0 radical (unpaired) electrons. The fourth-order valence-corrected chi connectivity index (χ4v) is 3.32. The van der Waals surface area contributed by atoms with Crippen LogP contribution >= 0.6 is 11.8 Å². The number of hydrogen-bond acceptors (Lipinski definition) is 3. The number of hydrogen-bond donors (Lipinski definition) is 1. The number of allylic oxidation sites excluding steroid dienone is 1. The van der Waals surface area contributed by atoms with Gasteiger partial charge in [0.05, 0.1) is 5.04 Å². The maximum absolute atomic E-state index is 10.8. The summed E-state index contributed by atoms with van der Waals surface area (Å²) in [5.41, 5.74) is 3.12. The van der Waals surface area contributed by atoms with E-state index in [4.69, 9.17) is 0 Å². The van der Waals surface area contributed by atoms with Crippen molar-refractivity contribution in [2.75, 3.05) is 0 Å². The molecule has 0 bridgehead atoms. The number of aromatic hydroxyl groups is 1. The molecule has 0 fully saturated rings. The average molecular weight is 348 g/mol. The van der Waals surface area contributed by atoms with E-state index in [0.29, 0.717) is 5.75 Å². The Labute approximate surface area is 152 Å². The van der Waals surface area contributed by atoms with Crippen molar-refractivity contribution in [1.82, 2.24) is 0 Å². The third-order valence-corrected chi connectivity index (χ3v) is 5.07. The van der Waals surface area contributed by atoms with Crippen LogP contribution in [0.15, 0.2) is 29.4 Å². The van der Waals surface area contributed by atoms with Crippen LogP contribution in [0.3, 0.4) is 0 Å². The van der Waals surface area contributed by atoms with Crippen LogP contribution in [-0.2, 0) is 16.6 Å². The molecule has 0 saturated carbocycles. The van der Waals surface area contributed by atoms with Gasteiger partial charge in [-0.25, -0.2) is 0 Å². The molecule has 0 aliphatic rings. The molecule has 1 N–H and O–H groups in total. The minimum atomic E-state index is -0.0859. The van der Waals surface area contributed by atoms with Crippen molar-refractivity contribution in [3.8, 4) is 5.75 Å². The Morgan fingerprint density at radius 3 is 1.96 bits per heavy atom. The summed E-state index contributed by atoms with van der Waals surface area (Å²) in [5, 5.41) is 11.9. The van der Waals surface area contributed by atoms with Crippen LogP contribution < -0.4 is 0 Å². The van der Waals surface area contributed by atoms with Crippen LogP contribution in [0, 0.1) is 0 Å². The summed E-state index contributed by atoms with van der Waals surface area (Å²) in [6, 6.07) is 4.31. The predicted octanol–water partition coefficient (Wildman–Crippen LogP) is 6.56. The Morgan fingerprint density at radius 1 is 1.08 bits per heavy atom. The van der Waals surface area contributed by atoms with Gasteiger partial charge in [-0.05, 0) is 40.9 Å². The summed E-state index contributed by atoms with van der Waals surface area (Å²) in [6.07, 6.45) is 4.74. The second-order valence-electron chi connectivity index (χ2n) is 8.19. The lowest BCUT2D eigenvalue weighted by atomic mass is 9.78. The highest BCUT2D eigenvalue weighted by Gasteiger charge is 2.26. The summed E-state index contributed by atoms with van der Waals surface area (Å²) in [6.45, 7) is 17.0. The second-order valence-corrected chi connectivity index (χ2v) is 9.24. The van der Waals surface area contributed by atoms with E-state index in [1.807, 2.05) is 19.2 Å². The van der Waals surface area contributed by atoms with Gasteiger partial charge < -0.3 is 5.11 Å². The number of rotatable bonds is 4. The van der Waals surface area contributed by atoms with Gasteiger partial charge in [-0.15, -0.1) is 11.8 Å². The quantitative estimate of drug-likeness (QED) is 0.494. The molecular formula is C21H33NOS. The maximum Gasteiger partial charge on any atom is 0.123 e. The number of phenols is 1. The third kappa shape index (κ3) is 5.70. The highest BCUT2D eigenvalue weighted by atomic mass is 32.2. The normalized spacial score (nSPS) is 13.8. The van der Waals surface area contributed by atoms with Gasteiger partial charge in [0.25, 0.3) is 0 Å². The molecule has 3 heteroatoms. The smallest absolute Gasteiger partial charge is 0.123 e. The molecule has 1 aromatic rings. The van der Waals surface area contributed by atoms with Crippen molar-refractivity contribution in [3.05, 3.63) is 41.1 Å². The zero-order valence-electron chi connectivity index (χ0n) is 16.5. The molecule has 0 saturated heterocycles. The lowest BCUT2D eigenvalue weighted by Crippen LogP contribution is -2.17. The topological polar surface area (TPSA) is 32.6 Å². The Kier molecular flexibility index (Phi) is 7.15. The number of nitrogens with zero attached hydrogens (tertiary/aromatic N) is 1. The lowest BCUT2D eigenvalue weighted by Gasteiger charge is -2.28. The number of aliphatic imine (C=N–C) groups is 1. The molecule has 1 aromatic carbocycles. The molecule has 0 spiro atoms. The van der Waals surface area contributed by atoms with Gasteiger partial charge in [0, 0.05) is 12.0 Å². The number of phenolic OH excluding ortho intramolecular Hbond substituents is 1. The van der Waals surface area contributed by atoms with E-state index in [1.165, 1.54) is 5.56 Å². The molecular weight excluding hydrogens is 314 g/mol. The molecule has 0 aliphatic carbocycles. The van der Waals surface area contributed by atoms with Gasteiger partial charge in [0.1, 0.15) is 5.75 Å². The predicted molar refractivity (Wildman–Crippen MR) is 109 cm³/mol. The SMILES string of the molecule is C/C=C\N=C(/CC)SCc1cc(C(C)(C)C)c(O)c(C(C)(C)C)c1. The first-order chi connectivity index (χ1) is 11.0. The molecule has 0 amide bonds. The first-order valence-electron chi connectivity index (χ1n) is 8.68. The van der Waals surface area contributed by atoms with E-state index >= 15 is 0 Å². The Morgan fingerprint density at radius 2 is 1.58 bits per heavy atom. The van der Waals surface area contributed by atoms with Crippen molar-refractivity contribution < 1.29 is 5.11 Å². The largest absolute Gasteiger partial charge is 0.507 e. The van der Waals surface area contributed by atoms with Crippen LogP contribution in [0.1, 0.15) is 78.5 Å². The van der Waals surface area contributed by atoms with Gasteiger partial charge in [-0.3, -0.25) is 4.99 Å². The van der Waals surface area contributed by atoms with E-state index < -0.39 is 0 Å². The first kappa shape index (κ1) is 20.8. The maximum atomic E-state index is 10.8. The molecule has 1 rings (SSSR count). The van der Waals surface area contributed by atoms with E-state index in [1.54, 1.807) is 11.8 Å². The standard InChI is InChI=1S/C21H33NOS/c1-9-11-22-18(10-2)24-14-15-12-16(20(3,4)5)19(23)17(13-15)21(6,7)8/h9,11-13,23H,10,14H2,1-8H3/b11-9-,22-18+. The third-order valence-electron chi connectivity index (χ3n) is 3.86. The van der Waals surface area contributed by atoms with Gasteiger partial charge in [0.2, 0.25) is 0 Å². The summed E-state index contributed by atoms with van der Waals surface area (Å²) in [7, 11) is 0. The summed E-state index contributed by atoms with van der Waals surface area (Å²) >= 11 is 1.78. The highest BCUT2D eigenvalue weighted by Crippen LogP contribution is 2.40. The van der Waals surface area contributed by atoms with Crippen LogP contribution in [0.4, 0.5) is 0 Å². The van der Waals surface area contributed by atoms with Gasteiger partial charge in [-0.2, -0.15) is 0 Å². The molecule has 24 heavy (non-hydrogen) atoms. The van der Waals surface area contributed by atoms with Gasteiger partial charge in [-0.1, -0.05) is 66.7 Å². The van der Waals surface area contributed by atoms with Crippen LogP contribution in [-0.4, -0.2) is 10.2 Å². The van der Waals surface area contributed by atoms with E-state index in [9.17, 15) is 5.11 Å². The number of benzene rings is 1. The van der Waals surface area contributed by atoms with Crippen LogP contribution in [0.5, 0.6) is 5.75 Å². The fraction of sp³-hybridized carbons (Fsp3) is 0.571. The molecule has 0 aliphatic heterocycles. The minimum Gasteiger partial charge on any atom is -0.507 e. The van der Waals surface area contributed by atoms with Crippen molar-refractivity contribution >= 4 is 16.8 Å². The van der Waals surface area contributed by atoms with Crippen molar-refractivity contribution in [1.29, 1.82) is 0 Å². The molecule has 0 aromatic heterocycles. The lowest BCUT2D eigenvalue weighted by molar-refractivity contribution is 0.423. The summed E-state index contributed by atoms with van der Waals surface area (Å²) < 4.78 is 0. The summed E-state index contributed by atoms with van der Waals surface area (Å²) in [5.74, 6) is 1.32. The molecule has 0 unspecified atom stereocenters. The first-order valence-corrected chi connectivity index (χ1v) is 9.66. The molecule has 0 heterocycles. The summed E-state index contributed by atoms with van der Waals surface area (Å²) in [4.78, 5) is 4.49. The zero-order valence-corrected chi connectivity index (χ0v) is 17.3. The average Bonchev–Trinajstić information content (AvgIpc) is 2.46. The molecule has 134 valence electrons. The number of thioether (sulfide) groups is 1. The van der Waals surface area contributed by atoms with Crippen LogP contribution in [0.2, 0.25) is 0 Å². The Hall–Kier alpha value is -1.22. The van der Waals surface area contributed by atoms with Crippen LogP contribution in [0.25, 0.3) is 0 Å². The van der Waals surface area contributed by atoms with E-state index in [2.05, 4.69) is 65.6 Å². The Balaban J connectivity index is 3.25. The van der Waals surface area contributed by atoms with Gasteiger partial charge in [0.15, 0.2) is 0 Å². The zero-order chi connectivity index (χ0) is 18.5. The second kappa shape index (κ2) is 8.24. The van der Waals surface area contributed by atoms with Crippen molar-refractivity contribution in [3.63, 3.8) is 0 Å². The fourth-order valence-electron chi connectivity index (χ4n) is 2.48. The monoisotopic (exact) mass is 347 g/mol. The van der Waals surface area contributed by atoms with E-state index in [0.717, 1.165) is 28.3 Å².